The van der Waals surface area contributed by atoms with Gasteiger partial charge in [-0.3, -0.25) is 9.80 Å². The van der Waals surface area contributed by atoms with Crippen molar-refractivity contribution in [3.8, 4) is 11.5 Å². The quantitative estimate of drug-likeness (QED) is 0.648. The van der Waals surface area contributed by atoms with Gasteiger partial charge in [-0.1, -0.05) is 6.07 Å². The number of azo groups is 2. The molecule has 4 rings (SSSR count). The van der Waals surface area contributed by atoms with Gasteiger partial charge >= 0.3 is 11.4 Å². The fraction of sp³-hybridized carbons (Fsp3) is 0.526. The normalized spacial score (nSPS) is 23.3. The van der Waals surface area contributed by atoms with Crippen LogP contribution in [0.4, 0.5) is 0 Å². The molecular formula is C19H26N5O4S+. The van der Waals surface area contributed by atoms with Crippen molar-refractivity contribution >= 4 is 18.1 Å². The van der Waals surface area contributed by atoms with Crippen LogP contribution in [0.1, 0.15) is 11.6 Å². The van der Waals surface area contributed by atoms with E-state index in [9.17, 15) is 10.2 Å². The fourth-order valence-corrected chi connectivity index (χ4v) is 5.12. The molecule has 1 fully saturated rings. The third-order valence-electron chi connectivity index (χ3n) is 5.41. The molecule has 9 nitrogen and oxygen atoms in total. The van der Waals surface area contributed by atoms with Gasteiger partial charge in [0.2, 0.25) is 0 Å². The van der Waals surface area contributed by atoms with Crippen molar-refractivity contribution in [2.75, 3.05) is 53.6 Å². The highest BCUT2D eigenvalue weighted by molar-refractivity contribution is 8.03. The van der Waals surface area contributed by atoms with Gasteiger partial charge < -0.3 is 19.7 Å². The number of ether oxygens (including phenoxy) is 2. The zero-order chi connectivity index (χ0) is 20.4. The van der Waals surface area contributed by atoms with Crippen LogP contribution in [0.25, 0.3) is 0 Å². The van der Waals surface area contributed by atoms with E-state index in [0.717, 1.165) is 36.6 Å². The van der Waals surface area contributed by atoms with Crippen LogP contribution in [0.5, 0.6) is 11.5 Å². The number of rotatable bonds is 7. The van der Waals surface area contributed by atoms with E-state index in [4.69, 9.17) is 9.47 Å². The highest BCUT2D eigenvalue weighted by Gasteiger charge is 2.47. The van der Waals surface area contributed by atoms with E-state index in [1.54, 1.807) is 18.9 Å². The van der Waals surface area contributed by atoms with Crippen molar-refractivity contribution in [2.24, 2.45) is 10.1 Å². The first-order valence-electron chi connectivity index (χ1n) is 9.57. The van der Waals surface area contributed by atoms with Gasteiger partial charge in [-0.05, 0) is 34.2 Å². The van der Waals surface area contributed by atoms with Crippen molar-refractivity contribution < 1.29 is 24.4 Å². The first kappa shape index (κ1) is 20.1. The molecule has 1 aromatic rings. The van der Waals surface area contributed by atoms with Gasteiger partial charge in [0.1, 0.15) is 4.91 Å². The Morgan fingerprint density at radius 1 is 1.21 bits per heavy atom. The zero-order valence-electron chi connectivity index (χ0n) is 16.6. The molecule has 29 heavy (non-hydrogen) atoms. The number of fused-ring (bicyclic) bond motifs is 1. The number of piperazine rings is 1. The van der Waals surface area contributed by atoms with Gasteiger partial charge in [0.05, 0.1) is 26.9 Å². The van der Waals surface area contributed by atoms with Crippen LogP contribution in [0.3, 0.4) is 0 Å². The second-order valence-corrected chi connectivity index (χ2v) is 8.07. The third kappa shape index (κ3) is 3.85. The van der Waals surface area contributed by atoms with Crippen molar-refractivity contribution in [3.05, 3.63) is 34.6 Å². The summed E-state index contributed by atoms with van der Waals surface area (Å²) in [6, 6.07) is 5.72. The van der Waals surface area contributed by atoms with Crippen LogP contribution in [0.2, 0.25) is 0 Å². The van der Waals surface area contributed by atoms with Gasteiger partial charge in [0.25, 0.3) is 0 Å². The lowest BCUT2D eigenvalue weighted by molar-refractivity contribution is -0.568. The van der Waals surface area contributed by atoms with Crippen molar-refractivity contribution in [1.29, 1.82) is 0 Å². The number of β-amino-alcohol motifs (C(OH)–C–C–N with tert-alkyl or cyclic N) is 1. The summed E-state index contributed by atoms with van der Waals surface area (Å²) in [6.07, 6.45) is 1.48. The van der Waals surface area contributed by atoms with Gasteiger partial charge in [-0.15, -0.1) is 0 Å². The first-order valence-corrected chi connectivity index (χ1v) is 10.4. The molecule has 0 aliphatic carbocycles. The number of aliphatic imine (C=N–C) groups is 1. The van der Waals surface area contributed by atoms with E-state index in [-0.39, 0.29) is 24.0 Å². The minimum absolute atomic E-state index is 0.146. The van der Waals surface area contributed by atoms with Crippen LogP contribution in [-0.2, 0) is 0 Å². The zero-order valence-corrected chi connectivity index (χ0v) is 17.4. The number of aliphatic hydroxyl groups excluding tert-OH is 2. The summed E-state index contributed by atoms with van der Waals surface area (Å²) in [5.41, 5.74) is 0.765. The predicted molar refractivity (Wildman–Crippen MR) is 110 cm³/mol. The molecule has 2 N–H and O–H groups in total. The molecule has 1 aromatic carbocycles. The molecule has 1 saturated heterocycles. The summed E-state index contributed by atoms with van der Waals surface area (Å²) in [7, 11) is 3.24. The van der Waals surface area contributed by atoms with Gasteiger partial charge in [-0.2, -0.15) is 4.99 Å². The molecule has 156 valence electrons. The first-order chi connectivity index (χ1) is 14.2. The molecule has 3 heterocycles. The minimum Gasteiger partial charge on any atom is -0.493 e. The molecule has 0 radical (unpaired) electrons. The van der Waals surface area contributed by atoms with E-state index in [0.29, 0.717) is 18.0 Å². The molecular weight excluding hydrogens is 394 g/mol. The van der Waals surface area contributed by atoms with Crippen molar-refractivity contribution in [3.63, 3.8) is 0 Å². The number of thioether (sulfide) groups is 1. The number of hydrogen-bond acceptors (Lipinski definition) is 9. The maximum Gasteiger partial charge on any atom is 0.405 e. The van der Waals surface area contributed by atoms with Crippen LogP contribution in [0, 0.1) is 0 Å². The Bertz CT molecular complexity index is 851. The molecule has 0 spiro atoms. The SMILES string of the molecule is COc1ccc(C(C2=C(O)[N+]3=NC=NC3S2)N2CCN(CCO)CC2)cc1OC. The highest BCUT2D eigenvalue weighted by Crippen LogP contribution is 2.47. The van der Waals surface area contributed by atoms with Crippen molar-refractivity contribution in [2.45, 2.75) is 11.5 Å². The summed E-state index contributed by atoms with van der Waals surface area (Å²) >= 11 is 1.52. The third-order valence-corrected chi connectivity index (χ3v) is 6.60. The Balaban J connectivity index is 1.68. The number of nitrogens with zero attached hydrogens (tertiary/aromatic N) is 5. The Morgan fingerprint density at radius 2 is 1.97 bits per heavy atom. The Kier molecular flexibility index (Phi) is 6.04. The Morgan fingerprint density at radius 3 is 2.62 bits per heavy atom. The maximum absolute atomic E-state index is 10.9. The molecule has 10 heteroatoms. The summed E-state index contributed by atoms with van der Waals surface area (Å²) in [5.74, 6) is 1.47. The smallest absolute Gasteiger partial charge is 0.405 e. The molecule has 2 atom stereocenters. The Hall–Kier alpha value is -2.14. The molecule has 3 aliphatic rings. The number of benzene rings is 1. The molecule has 2 unspecified atom stereocenters. The highest BCUT2D eigenvalue weighted by atomic mass is 32.2. The molecule has 0 aromatic heterocycles. The topological polar surface area (TPSA) is 93.1 Å². The summed E-state index contributed by atoms with van der Waals surface area (Å²) < 4.78 is 12.4. The van der Waals surface area contributed by atoms with Gasteiger partial charge in [0, 0.05) is 37.8 Å². The molecule has 0 amide bonds. The summed E-state index contributed by atoms with van der Waals surface area (Å²) in [6.45, 7) is 4.21. The van der Waals surface area contributed by atoms with E-state index >= 15 is 0 Å². The number of aliphatic hydroxyl groups is 2. The molecule has 0 bridgehead atoms. The number of hydrogen-bond donors (Lipinski definition) is 2. The van der Waals surface area contributed by atoms with E-state index in [2.05, 4.69) is 19.9 Å². The monoisotopic (exact) mass is 420 g/mol. The van der Waals surface area contributed by atoms with Gasteiger partial charge in [0.15, 0.2) is 17.8 Å². The van der Waals surface area contributed by atoms with E-state index < -0.39 is 0 Å². The largest absolute Gasteiger partial charge is 0.493 e. The van der Waals surface area contributed by atoms with Gasteiger partial charge in [-0.25, -0.2) is 0 Å². The summed E-state index contributed by atoms with van der Waals surface area (Å²) in [5, 5.41) is 24.3. The van der Waals surface area contributed by atoms with Crippen LogP contribution in [0.15, 0.2) is 39.1 Å². The lowest BCUT2D eigenvalue weighted by Crippen LogP contribution is -2.48. The molecule has 0 saturated carbocycles. The standard InChI is InChI=1S/C19H25N5O4S/c1-27-14-4-3-13(11-15(14)28-2)16(23-7-5-22(6-8-23)9-10-25)17-18(26)24-19(29-17)20-12-21-24/h3-4,11-12,16,19,25H,5-10H2,1-2H3/p+1. The summed E-state index contributed by atoms with van der Waals surface area (Å²) in [4.78, 5) is 9.74. The van der Waals surface area contributed by atoms with Crippen LogP contribution >= 0.6 is 11.8 Å². The average molecular weight is 421 g/mol. The second-order valence-electron chi connectivity index (χ2n) is 6.97. The van der Waals surface area contributed by atoms with Crippen molar-refractivity contribution in [1.82, 2.24) is 9.80 Å². The van der Waals surface area contributed by atoms with E-state index in [1.165, 1.54) is 18.1 Å². The average Bonchev–Trinajstić information content (AvgIpc) is 3.33. The lowest BCUT2D eigenvalue weighted by Gasteiger charge is -2.39. The van der Waals surface area contributed by atoms with Crippen LogP contribution in [-0.4, -0.2) is 90.1 Å². The maximum atomic E-state index is 10.9. The van der Waals surface area contributed by atoms with Crippen LogP contribution < -0.4 is 9.47 Å². The Labute approximate surface area is 173 Å². The minimum atomic E-state index is -0.247. The van der Waals surface area contributed by atoms with E-state index in [1.807, 2.05) is 18.2 Å². The molecule has 3 aliphatic heterocycles. The predicted octanol–water partition coefficient (Wildman–Crippen LogP) is 1.62. The fourth-order valence-electron chi connectivity index (χ4n) is 3.91. The second kappa shape index (κ2) is 8.70. The number of methoxy groups -OCH3 is 2. The lowest BCUT2D eigenvalue weighted by atomic mass is 10.0.